The SMILES string of the molecule is C=CCC(c1ccc(CC2CCc3c(-c4c(C)cc(CCCCSC)cc4C)cccc32)cc1)C(CC)SC. The van der Waals surface area contributed by atoms with E-state index in [4.69, 9.17) is 0 Å². The lowest BCUT2D eigenvalue weighted by atomic mass is 9.86. The standard InChI is InChI=1S/C37H48S2/c1-7-12-33(36(8-2)39-6)30-18-16-28(17-19-30)25-31-20-21-34-32(31)14-11-15-35(34)37-26(3)23-29(24-27(37)4)13-9-10-22-38-5/h7,11,14-19,23-24,31,33,36H,1,8-10,12-13,20-22,25H2,2-6H3. The Morgan fingerprint density at radius 2 is 1.72 bits per heavy atom. The van der Waals surface area contributed by atoms with Gasteiger partial charge in [-0.15, -0.1) is 6.58 Å². The summed E-state index contributed by atoms with van der Waals surface area (Å²) in [6.07, 6.45) is 16.2. The Bertz CT molecular complexity index is 1200. The summed E-state index contributed by atoms with van der Waals surface area (Å²) in [5.74, 6) is 2.44. The molecule has 0 spiro atoms. The average Bonchev–Trinajstić information content (AvgIpc) is 3.35. The molecule has 0 heterocycles. The molecule has 4 rings (SSSR count). The Hall–Kier alpha value is -1.90. The van der Waals surface area contributed by atoms with Crippen LogP contribution >= 0.6 is 23.5 Å². The highest BCUT2D eigenvalue weighted by Gasteiger charge is 2.26. The summed E-state index contributed by atoms with van der Waals surface area (Å²) in [5, 5.41) is 0.648. The van der Waals surface area contributed by atoms with Gasteiger partial charge >= 0.3 is 0 Å². The number of thioether (sulfide) groups is 2. The maximum Gasteiger partial charge on any atom is 0.0113 e. The van der Waals surface area contributed by atoms with E-state index in [9.17, 15) is 0 Å². The zero-order valence-corrected chi connectivity index (χ0v) is 26.5. The van der Waals surface area contributed by atoms with E-state index in [-0.39, 0.29) is 0 Å². The van der Waals surface area contributed by atoms with Crippen LogP contribution in [0.4, 0.5) is 0 Å². The largest absolute Gasteiger partial charge is 0.165 e. The summed E-state index contributed by atoms with van der Waals surface area (Å²) in [7, 11) is 0. The molecule has 0 N–H and O–H groups in total. The van der Waals surface area contributed by atoms with Gasteiger partial charge in [-0.3, -0.25) is 0 Å². The Morgan fingerprint density at radius 3 is 2.36 bits per heavy atom. The van der Waals surface area contributed by atoms with E-state index in [1.807, 2.05) is 23.5 Å². The lowest BCUT2D eigenvalue weighted by Crippen LogP contribution is -2.14. The van der Waals surface area contributed by atoms with Gasteiger partial charge in [-0.25, -0.2) is 0 Å². The molecule has 0 aromatic heterocycles. The van der Waals surface area contributed by atoms with Gasteiger partial charge in [0.25, 0.3) is 0 Å². The van der Waals surface area contributed by atoms with Gasteiger partial charge in [-0.2, -0.15) is 23.5 Å². The highest BCUT2D eigenvalue weighted by molar-refractivity contribution is 7.99. The zero-order chi connectivity index (χ0) is 27.8. The van der Waals surface area contributed by atoms with Crippen LogP contribution in [-0.2, 0) is 19.3 Å². The minimum absolute atomic E-state index is 0.555. The molecule has 0 aliphatic heterocycles. The lowest BCUT2D eigenvalue weighted by molar-refractivity contribution is 0.638. The molecule has 0 bridgehead atoms. The molecule has 208 valence electrons. The number of hydrogen-bond acceptors (Lipinski definition) is 2. The number of benzene rings is 3. The van der Waals surface area contributed by atoms with E-state index in [1.54, 1.807) is 11.1 Å². The fourth-order valence-electron chi connectivity index (χ4n) is 6.87. The predicted molar refractivity (Wildman–Crippen MR) is 179 cm³/mol. The number of hydrogen-bond donors (Lipinski definition) is 0. The predicted octanol–water partition coefficient (Wildman–Crippen LogP) is 10.7. The first-order chi connectivity index (χ1) is 19.0. The van der Waals surface area contributed by atoms with Crippen LogP contribution in [-0.4, -0.2) is 23.5 Å². The summed E-state index contributed by atoms with van der Waals surface area (Å²) < 4.78 is 0. The first kappa shape index (κ1) is 30.1. The Kier molecular flexibility index (Phi) is 11.3. The molecule has 0 radical (unpaired) electrons. The molecular weight excluding hydrogens is 509 g/mol. The molecule has 0 nitrogen and oxygen atoms in total. The number of fused-ring (bicyclic) bond motifs is 1. The van der Waals surface area contributed by atoms with Crippen molar-refractivity contribution in [2.45, 2.75) is 89.2 Å². The number of unbranched alkanes of at least 4 members (excludes halogenated alkanes) is 1. The maximum absolute atomic E-state index is 4.04. The third-order valence-corrected chi connectivity index (χ3v) is 10.7. The van der Waals surface area contributed by atoms with Crippen molar-refractivity contribution in [1.82, 2.24) is 0 Å². The van der Waals surface area contributed by atoms with Crippen molar-refractivity contribution in [2.24, 2.45) is 0 Å². The minimum Gasteiger partial charge on any atom is -0.165 e. The molecule has 2 heteroatoms. The van der Waals surface area contributed by atoms with Gasteiger partial charge in [0, 0.05) is 5.25 Å². The van der Waals surface area contributed by atoms with Gasteiger partial charge in [-0.1, -0.05) is 67.6 Å². The summed E-state index contributed by atoms with van der Waals surface area (Å²) in [4.78, 5) is 0. The van der Waals surface area contributed by atoms with Gasteiger partial charge in [0.1, 0.15) is 0 Å². The van der Waals surface area contributed by atoms with Gasteiger partial charge in [0.15, 0.2) is 0 Å². The summed E-state index contributed by atoms with van der Waals surface area (Å²) in [5.41, 5.74) is 13.4. The van der Waals surface area contributed by atoms with Crippen LogP contribution in [0.1, 0.15) is 89.8 Å². The fraction of sp³-hybridized carbons (Fsp3) is 0.459. The van der Waals surface area contributed by atoms with Gasteiger partial charge in [-0.05, 0) is 145 Å². The number of allylic oxidation sites excluding steroid dienone is 1. The Morgan fingerprint density at radius 1 is 0.974 bits per heavy atom. The topological polar surface area (TPSA) is 0 Å². The maximum atomic E-state index is 4.04. The van der Waals surface area contributed by atoms with E-state index in [0.717, 1.165) is 12.8 Å². The molecule has 3 unspecified atom stereocenters. The van der Waals surface area contributed by atoms with Crippen LogP contribution in [0.15, 0.2) is 67.3 Å². The fourth-order valence-corrected chi connectivity index (χ4v) is 8.29. The molecule has 3 aromatic rings. The van der Waals surface area contributed by atoms with Crippen LogP contribution in [0.3, 0.4) is 0 Å². The minimum atomic E-state index is 0.555. The molecule has 1 aliphatic rings. The van der Waals surface area contributed by atoms with E-state index in [0.29, 0.717) is 17.1 Å². The molecule has 0 amide bonds. The van der Waals surface area contributed by atoms with E-state index in [1.165, 1.54) is 83.2 Å². The van der Waals surface area contributed by atoms with E-state index < -0.39 is 0 Å². The number of aryl methyl sites for hydroxylation is 3. The van der Waals surface area contributed by atoms with Crippen molar-refractivity contribution >= 4 is 23.5 Å². The monoisotopic (exact) mass is 556 g/mol. The van der Waals surface area contributed by atoms with Crippen LogP contribution in [0.25, 0.3) is 11.1 Å². The summed E-state index contributed by atoms with van der Waals surface area (Å²) >= 11 is 3.95. The molecule has 3 atom stereocenters. The van der Waals surface area contributed by atoms with Crippen LogP contribution in [0.2, 0.25) is 0 Å². The number of rotatable bonds is 14. The van der Waals surface area contributed by atoms with Gasteiger partial charge in [0.05, 0.1) is 0 Å². The molecular formula is C37H48S2. The highest BCUT2D eigenvalue weighted by Crippen LogP contribution is 2.42. The van der Waals surface area contributed by atoms with Crippen LogP contribution in [0, 0.1) is 13.8 Å². The van der Waals surface area contributed by atoms with E-state index >= 15 is 0 Å². The quantitative estimate of drug-likeness (QED) is 0.143. The lowest BCUT2D eigenvalue weighted by Gasteiger charge is -2.24. The molecule has 3 aromatic carbocycles. The van der Waals surface area contributed by atoms with Crippen molar-refractivity contribution in [3.63, 3.8) is 0 Å². The molecule has 0 saturated heterocycles. The van der Waals surface area contributed by atoms with Crippen LogP contribution in [0.5, 0.6) is 0 Å². The zero-order valence-electron chi connectivity index (χ0n) is 24.9. The molecule has 0 saturated carbocycles. The van der Waals surface area contributed by atoms with Crippen molar-refractivity contribution in [3.05, 3.63) is 106 Å². The second-order valence-corrected chi connectivity index (χ2v) is 13.5. The summed E-state index contributed by atoms with van der Waals surface area (Å²) in [6, 6.07) is 21.6. The van der Waals surface area contributed by atoms with Gasteiger partial charge < -0.3 is 0 Å². The third-order valence-electron chi connectivity index (χ3n) is 8.79. The second kappa shape index (κ2) is 14.6. The second-order valence-electron chi connectivity index (χ2n) is 11.4. The van der Waals surface area contributed by atoms with Crippen LogP contribution < -0.4 is 0 Å². The van der Waals surface area contributed by atoms with Crippen molar-refractivity contribution in [1.29, 1.82) is 0 Å². The van der Waals surface area contributed by atoms with Gasteiger partial charge in [0.2, 0.25) is 0 Å². The van der Waals surface area contributed by atoms with Crippen molar-refractivity contribution in [3.8, 4) is 11.1 Å². The molecule has 39 heavy (non-hydrogen) atoms. The first-order valence-electron chi connectivity index (χ1n) is 14.9. The van der Waals surface area contributed by atoms with Crippen molar-refractivity contribution in [2.75, 3.05) is 18.3 Å². The normalized spacial score (nSPS) is 16.2. The smallest absolute Gasteiger partial charge is 0.0113 e. The molecule has 0 fully saturated rings. The van der Waals surface area contributed by atoms with Crippen molar-refractivity contribution < 1.29 is 0 Å². The first-order valence-corrected chi connectivity index (χ1v) is 17.6. The third kappa shape index (κ3) is 7.25. The van der Waals surface area contributed by atoms with E-state index in [2.05, 4.69) is 101 Å². The molecule has 1 aliphatic carbocycles. The summed E-state index contributed by atoms with van der Waals surface area (Å²) in [6.45, 7) is 11.0. The average molecular weight is 557 g/mol. The highest BCUT2D eigenvalue weighted by atomic mass is 32.2. The Labute approximate surface area is 247 Å². The Balaban J connectivity index is 1.52.